The number of nitrogens with zero attached hydrogens (tertiary/aromatic N) is 1. The fraction of sp³-hybridized carbons (Fsp3) is 1.00. The third-order valence-corrected chi connectivity index (χ3v) is 1.59. The van der Waals surface area contributed by atoms with Crippen molar-refractivity contribution < 1.29 is 4.53 Å². The van der Waals surface area contributed by atoms with Crippen molar-refractivity contribution in [1.82, 2.24) is 5.06 Å². The zero-order chi connectivity index (χ0) is 4.41. The van der Waals surface area contributed by atoms with Crippen LogP contribution in [0.15, 0.2) is 0 Å². The van der Waals surface area contributed by atoms with E-state index in [0.29, 0.717) is 0 Å². The van der Waals surface area contributed by atoms with Crippen molar-refractivity contribution in [2.24, 2.45) is 0 Å². The van der Waals surface area contributed by atoms with E-state index in [1.807, 2.05) is 5.06 Å². The first-order chi connectivity index (χ1) is 2.93. The molecule has 0 aliphatic carbocycles. The molecule has 0 unspecified atom stereocenters. The Labute approximate surface area is 40.6 Å². The van der Waals surface area contributed by atoms with E-state index in [2.05, 4.69) is 0 Å². The largest absolute Gasteiger partial charge is 0.355 e. The lowest BCUT2D eigenvalue weighted by Crippen LogP contribution is -2.36. The number of rotatable bonds is 1. The first-order valence-electron chi connectivity index (χ1n) is 2.22. The molecule has 36 valence electrons. The predicted molar refractivity (Wildman–Crippen MR) is 27.2 cm³/mol. The second-order valence-electron chi connectivity index (χ2n) is 1.47. The van der Waals surface area contributed by atoms with Crippen LogP contribution in [0.3, 0.4) is 0 Å². The van der Waals surface area contributed by atoms with Gasteiger partial charge in [-0.1, -0.05) is 0 Å². The van der Waals surface area contributed by atoms with Crippen molar-refractivity contribution in [1.29, 1.82) is 0 Å². The summed E-state index contributed by atoms with van der Waals surface area (Å²) in [6.07, 6.45) is 1.32. The van der Waals surface area contributed by atoms with Gasteiger partial charge in [-0.05, 0) is 6.42 Å². The zero-order valence-corrected chi connectivity index (χ0v) is 5.98. The molecule has 1 heterocycles. The van der Waals surface area contributed by atoms with Crippen molar-refractivity contribution in [3.63, 3.8) is 0 Å². The van der Waals surface area contributed by atoms with Gasteiger partial charge >= 0.3 is 0 Å². The third kappa shape index (κ3) is 0.615. The van der Waals surface area contributed by atoms with Crippen molar-refractivity contribution in [3.05, 3.63) is 0 Å². The molecule has 1 fully saturated rings. The van der Waals surface area contributed by atoms with Crippen LogP contribution in [0.4, 0.5) is 0 Å². The Hall–Kier alpha value is 0.137. The topological polar surface area (TPSA) is 12.5 Å². The summed E-state index contributed by atoms with van der Waals surface area (Å²) in [6, 6.07) is 0. The molecular formula is C3H9NOSi. The van der Waals surface area contributed by atoms with E-state index in [0.717, 1.165) is 23.6 Å². The SMILES string of the molecule is [SiH3]ON1CCC1. The molecule has 1 saturated heterocycles. The summed E-state index contributed by atoms with van der Waals surface area (Å²) >= 11 is 0. The molecule has 1 rings (SSSR count). The molecule has 0 atom stereocenters. The maximum absolute atomic E-state index is 4.96. The maximum Gasteiger partial charge on any atom is 0.175 e. The lowest BCUT2D eigenvalue weighted by molar-refractivity contribution is -0.102. The Morgan fingerprint density at radius 3 is 2.17 bits per heavy atom. The highest BCUT2D eigenvalue weighted by molar-refractivity contribution is 5.97. The van der Waals surface area contributed by atoms with E-state index in [1.165, 1.54) is 6.42 Å². The summed E-state index contributed by atoms with van der Waals surface area (Å²) in [5.74, 6) is 0. The molecule has 0 radical (unpaired) electrons. The Balaban J connectivity index is 2.01. The molecule has 0 amide bonds. The summed E-state index contributed by atoms with van der Waals surface area (Å²) in [7, 11) is 0.860. The van der Waals surface area contributed by atoms with Crippen molar-refractivity contribution >= 4 is 10.5 Å². The molecule has 0 N–H and O–H groups in total. The second-order valence-corrected chi connectivity index (χ2v) is 1.83. The van der Waals surface area contributed by atoms with Gasteiger partial charge in [-0.3, -0.25) is 0 Å². The molecule has 6 heavy (non-hydrogen) atoms. The monoisotopic (exact) mass is 103 g/mol. The highest BCUT2D eigenvalue weighted by Gasteiger charge is 2.10. The summed E-state index contributed by atoms with van der Waals surface area (Å²) in [5.41, 5.74) is 0. The van der Waals surface area contributed by atoms with Crippen LogP contribution in [0.5, 0.6) is 0 Å². The molecule has 3 heteroatoms. The zero-order valence-electron chi connectivity index (χ0n) is 3.98. The lowest BCUT2D eigenvalue weighted by atomic mass is 10.3. The normalized spacial score (nSPS) is 24.0. The molecule has 0 spiro atoms. The number of hydrogen-bond acceptors (Lipinski definition) is 2. The summed E-state index contributed by atoms with van der Waals surface area (Å²) in [5, 5.41) is 1.99. The van der Waals surface area contributed by atoms with Gasteiger partial charge in [-0.25, -0.2) is 5.06 Å². The highest BCUT2D eigenvalue weighted by Crippen LogP contribution is 2.02. The molecule has 2 nitrogen and oxygen atoms in total. The van der Waals surface area contributed by atoms with E-state index in [1.54, 1.807) is 0 Å². The highest BCUT2D eigenvalue weighted by atomic mass is 28.2. The van der Waals surface area contributed by atoms with E-state index in [9.17, 15) is 0 Å². The van der Waals surface area contributed by atoms with Gasteiger partial charge in [0.2, 0.25) is 0 Å². The van der Waals surface area contributed by atoms with Crippen molar-refractivity contribution in [2.45, 2.75) is 6.42 Å². The van der Waals surface area contributed by atoms with Gasteiger partial charge in [0.15, 0.2) is 10.5 Å². The Morgan fingerprint density at radius 1 is 1.50 bits per heavy atom. The predicted octanol–water partition coefficient (Wildman–Crippen LogP) is -1.10. The van der Waals surface area contributed by atoms with Crippen LogP contribution >= 0.6 is 0 Å². The van der Waals surface area contributed by atoms with Crippen LogP contribution in [-0.2, 0) is 4.53 Å². The average Bonchev–Trinajstić information content (AvgIpc) is 1.31. The molecule has 1 aliphatic rings. The molecule has 0 aromatic rings. The van der Waals surface area contributed by atoms with Gasteiger partial charge in [0.1, 0.15) is 0 Å². The fourth-order valence-electron chi connectivity index (χ4n) is 0.470. The minimum atomic E-state index is 0.860. The van der Waals surface area contributed by atoms with E-state index < -0.39 is 0 Å². The molecule has 0 aromatic heterocycles. The van der Waals surface area contributed by atoms with Crippen LogP contribution in [0.1, 0.15) is 6.42 Å². The van der Waals surface area contributed by atoms with E-state index in [-0.39, 0.29) is 0 Å². The Bertz CT molecular complexity index is 43.3. The molecule has 1 aliphatic heterocycles. The molecule has 0 aromatic carbocycles. The van der Waals surface area contributed by atoms with Gasteiger partial charge in [-0.2, -0.15) is 0 Å². The molecule has 0 bridgehead atoms. The van der Waals surface area contributed by atoms with E-state index in [4.69, 9.17) is 4.53 Å². The van der Waals surface area contributed by atoms with Crippen LogP contribution in [0.2, 0.25) is 0 Å². The van der Waals surface area contributed by atoms with Gasteiger partial charge in [0, 0.05) is 13.1 Å². The minimum absolute atomic E-state index is 0.860. The quantitative estimate of drug-likeness (QED) is 0.391. The first-order valence-corrected chi connectivity index (χ1v) is 3.04. The summed E-state index contributed by atoms with van der Waals surface area (Å²) in [6.45, 7) is 2.31. The second kappa shape index (κ2) is 1.73. The van der Waals surface area contributed by atoms with Crippen molar-refractivity contribution in [2.75, 3.05) is 13.1 Å². The standard InChI is InChI=1S/C3H9NOSi/c6-5-4-2-1-3-4/h1-3H2,6H3. The Morgan fingerprint density at radius 2 is 2.17 bits per heavy atom. The molecule has 0 saturated carbocycles. The van der Waals surface area contributed by atoms with Crippen LogP contribution in [-0.4, -0.2) is 28.6 Å². The van der Waals surface area contributed by atoms with Crippen LogP contribution < -0.4 is 0 Å². The third-order valence-electron chi connectivity index (χ3n) is 1.07. The molecular weight excluding hydrogens is 94.1 g/mol. The van der Waals surface area contributed by atoms with Crippen LogP contribution in [0.25, 0.3) is 0 Å². The lowest BCUT2D eigenvalue weighted by Gasteiger charge is -2.28. The van der Waals surface area contributed by atoms with Crippen LogP contribution in [0, 0.1) is 0 Å². The smallest absolute Gasteiger partial charge is 0.175 e. The summed E-state index contributed by atoms with van der Waals surface area (Å²) < 4.78 is 4.96. The number of hydroxylamine groups is 2. The first kappa shape index (κ1) is 4.30. The van der Waals surface area contributed by atoms with Gasteiger partial charge in [0.25, 0.3) is 0 Å². The fourth-order valence-corrected chi connectivity index (χ4v) is 0.835. The van der Waals surface area contributed by atoms with E-state index >= 15 is 0 Å². The maximum atomic E-state index is 4.96. The average molecular weight is 103 g/mol. The van der Waals surface area contributed by atoms with Gasteiger partial charge in [0.05, 0.1) is 0 Å². The summed E-state index contributed by atoms with van der Waals surface area (Å²) in [4.78, 5) is 0. The van der Waals surface area contributed by atoms with Crippen molar-refractivity contribution in [3.8, 4) is 0 Å². The van der Waals surface area contributed by atoms with Gasteiger partial charge in [-0.15, -0.1) is 0 Å². The Kier molecular flexibility index (Phi) is 1.24. The number of hydrogen-bond donors (Lipinski definition) is 0. The van der Waals surface area contributed by atoms with Gasteiger partial charge < -0.3 is 4.53 Å². The minimum Gasteiger partial charge on any atom is -0.355 e.